The maximum absolute atomic E-state index is 12.2. The lowest BCUT2D eigenvalue weighted by atomic mass is 10.2. The maximum Gasteiger partial charge on any atom is 0.270 e. The normalized spacial score (nSPS) is 16.9. The number of nitrogens with zero attached hydrogens (tertiary/aromatic N) is 2. The summed E-state index contributed by atoms with van der Waals surface area (Å²) < 4.78 is 2.07. The number of amides is 1. The van der Waals surface area contributed by atoms with Gasteiger partial charge < -0.3 is 14.6 Å². The van der Waals surface area contributed by atoms with E-state index in [1.165, 1.54) is 12.8 Å². The molecule has 1 aliphatic carbocycles. The van der Waals surface area contributed by atoms with Gasteiger partial charge in [0.05, 0.1) is 6.10 Å². The lowest BCUT2D eigenvalue weighted by Crippen LogP contribution is -2.30. The van der Waals surface area contributed by atoms with E-state index in [0.717, 1.165) is 5.69 Å². The molecule has 94 valence electrons. The molecule has 0 radical (unpaired) electrons. The predicted octanol–water partition coefficient (Wildman–Crippen LogP) is 1.67. The van der Waals surface area contributed by atoms with Crippen LogP contribution in [0.5, 0.6) is 0 Å². The van der Waals surface area contributed by atoms with E-state index in [9.17, 15) is 9.90 Å². The molecular formula is C13H20N2O2. The van der Waals surface area contributed by atoms with Gasteiger partial charge in [-0.15, -0.1) is 0 Å². The van der Waals surface area contributed by atoms with E-state index in [2.05, 4.69) is 4.57 Å². The van der Waals surface area contributed by atoms with E-state index in [1.807, 2.05) is 18.3 Å². The number of rotatable bonds is 5. The summed E-state index contributed by atoms with van der Waals surface area (Å²) in [4.78, 5) is 13.9. The van der Waals surface area contributed by atoms with Crippen LogP contribution in [-0.4, -0.2) is 40.2 Å². The molecule has 1 aromatic rings. The molecule has 0 aliphatic heterocycles. The van der Waals surface area contributed by atoms with Crippen LogP contribution in [-0.2, 0) is 0 Å². The molecule has 0 spiro atoms. The molecule has 4 nitrogen and oxygen atoms in total. The highest BCUT2D eigenvalue weighted by atomic mass is 16.3. The molecule has 1 fully saturated rings. The average Bonchev–Trinajstić information content (AvgIpc) is 3.03. The zero-order chi connectivity index (χ0) is 12.4. The van der Waals surface area contributed by atoms with Gasteiger partial charge in [-0.3, -0.25) is 4.79 Å². The Kier molecular flexibility index (Phi) is 3.52. The zero-order valence-corrected chi connectivity index (χ0v) is 10.5. The molecule has 1 heterocycles. The van der Waals surface area contributed by atoms with E-state index < -0.39 is 0 Å². The number of carbonyl (C=O) groups is 1. The molecule has 1 saturated carbocycles. The third-order valence-electron chi connectivity index (χ3n) is 3.17. The lowest BCUT2D eigenvalue weighted by molar-refractivity contribution is 0.0758. The molecule has 17 heavy (non-hydrogen) atoms. The lowest BCUT2D eigenvalue weighted by Gasteiger charge is -2.19. The topological polar surface area (TPSA) is 45.5 Å². The molecule has 0 aromatic carbocycles. The van der Waals surface area contributed by atoms with Crippen molar-refractivity contribution in [2.45, 2.75) is 38.3 Å². The number of aromatic nitrogens is 1. The van der Waals surface area contributed by atoms with E-state index in [0.29, 0.717) is 19.0 Å². The molecule has 1 atom stereocenters. The van der Waals surface area contributed by atoms with Crippen LogP contribution in [0.25, 0.3) is 0 Å². The van der Waals surface area contributed by atoms with Gasteiger partial charge >= 0.3 is 0 Å². The summed E-state index contributed by atoms with van der Waals surface area (Å²) in [5.74, 6) is 0.0440. The van der Waals surface area contributed by atoms with E-state index >= 15 is 0 Å². The summed E-state index contributed by atoms with van der Waals surface area (Å²) in [5.41, 5.74) is 0.764. The maximum atomic E-state index is 12.2. The highest BCUT2D eigenvalue weighted by Crippen LogP contribution is 2.36. The first kappa shape index (κ1) is 12.2. The van der Waals surface area contributed by atoms with Crippen LogP contribution in [0.1, 0.15) is 42.7 Å². The molecule has 1 N–H and O–H groups in total. The van der Waals surface area contributed by atoms with E-state index in [1.54, 1.807) is 18.9 Å². The van der Waals surface area contributed by atoms with Gasteiger partial charge in [0.15, 0.2) is 0 Å². The van der Waals surface area contributed by atoms with Gasteiger partial charge in [-0.05, 0) is 38.3 Å². The largest absolute Gasteiger partial charge is 0.393 e. The second-order valence-corrected chi connectivity index (χ2v) is 4.90. The van der Waals surface area contributed by atoms with Crippen molar-refractivity contribution >= 4 is 5.91 Å². The highest BCUT2D eigenvalue weighted by molar-refractivity contribution is 5.92. The van der Waals surface area contributed by atoms with Crippen molar-refractivity contribution in [1.82, 2.24) is 9.47 Å². The van der Waals surface area contributed by atoms with Crippen molar-refractivity contribution in [2.75, 3.05) is 13.6 Å². The molecule has 0 saturated heterocycles. The van der Waals surface area contributed by atoms with Crippen LogP contribution >= 0.6 is 0 Å². The second-order valence-electron chi connectivity index (χ2n) is 4.90. The number of hydrogen-bond acceptors (Lipinski definition) is 2. The Morgan fingerprint density at radius 3 is 2.94 bits per heavy atom. The molecule has 2 rings (SSSR count). The third-order valence-corrected chi connectivity index (χ3v) is 3.17. The van der Waals surface area contributed by atoms with Crippen LogP contribution in [0.15, 0.2) is 18.3 Å². The fourth-order valence-electron chi connectivity index (χ4n) is 1.92. The van der Waals surface area contributed by atoms with Crippen molar-refractivity contribution in [2.24, 2.45) is 0 Å². The monoisotopic (exact) mass is 236 g/mol. The van der Waals surface area contributed by atoms with Crippen LogP contribution < -0.4 is 0 Å². The molecule has 1 amide bonds. The van der Waals surface area contributed by atoms with Gasteiger partial charge in [-0.2, -0.15) is 0 Å². The first-order valence-electron chi connectivity index (χ1n) is 6.20. The van der Waals surface area contributed by atoms with Crippen molar-refractivity contribution in [1.29, 1.82) is 0 Å². The summed E-state index contributed by atoms with van der Waals surface area (Å²) >= 11 is 0. The minimum absolute atomic E-state index is 0.0440. The Hall–Kier alpha value is -1.29. The number of hydrogen-bond donors (Lipinski definition) is 1. The molecule has 1 unspecified atom stereocenters. The molecule has 4 heteroatoms. The first-order valence-corrected chi connectivity index (χ1v) is 6.20. The quantitative estimate of drug-likeness (QED) is 0.845. The Labute approximate surface area is 102 Å². The summed E-state index contributed by atoms with van der Waals surface area (Å²) in [6, 6.07) is 4.32. The standard InChI is InChI=1S/C13H20N2O2/c1-10(16)7-9-14(2)13(17)12-4-3-8-15(12)11-5-6-11/h3-4,8,10-11,16H,5-7,9H2,1-2H3. The van der Waals surface area contributed by atoms with Crippen LogP contribution in [0, 0.1) is 0 Å². The number of carbonyl (C=O) groups excluding carboxylic acids is 1. The molecular weight excluding hydrogens is 216 g/mol. The van der Waals surface area contributed by atoms with Crippen molar-refractivity contribution < 1.29 is 9.90 Å². The summed E-state index contributed by atoms with van der Waals surface area (Å²) in [6.07, 6.45) is 4.58. The zero-order valence-electron chi connectivity index (χ0n) is 10.5. The summed E-state index contributed by atoms with van der Waals surface area (Å²) in [6.45, 7) is 2.33. The van der Waals surface area contributed by atoms with Crippen molar-refractivity contribution in [3.8, 4) is 0 Å². The van der Waals surface area contributed by atoms with Crippen LogP contribution in [0.2, 0.25) is 0 Å². The average molecular weight is 236 g/mol. The Morgan fingerprint density at radius 1 is 1.65 bits per heavy atom. The van der Waals surface area contributed by atoms with E-state index in [4.69, 9.17) is 0 Å². The first-order chi connectivity index (χ1) is 8.09. The smallest absolute Gasteiger partial charge is 0.270 e. The van der Waals surface area contributed by atoms with Gasteiger partial charge in [0.25, 0.3) is 5.91 Å². The summed E-state index contributed by atoms with van der Waals surface area (Å²) in [5, 5.41) is 9.22. The van der Waals surface area contributed by atoms with Crippen LogP contribution in [0.3, 0.4) is 0 Å². The number of aliphatic hydroxyl groups is 1. The SMILES string of the molecule is CC(O)CCN(C)C(=O)c1cccn1C1CC1. The number of aliphatic hydroxyl groups excluding tert-OH is 1. The second kappa shape index (κ2) is 4.92. The van der Waals surface area contributed by atoms with Gasteiger partial charge in [0.2, 0.25) is 0 Å². The van der Waals surface area contributed by atoms with Crippen molar-refractivity contribution in [3.05, 3.63) is 24.0 Å². The van der Waals surface area contributed by atoms with Gasteiger partial charge in [-0.1, -0.05) is 0 Å². The summed E-state index contributed by atoms with van der Waals surface area (Å²) in [7, 11) is 1.79. The minimum atomic E-state index is -0.361. The third kappa shape index (κ3) is 2.88. The van der Waals surface area contributed by atoms with E-state index in [-0.39, 0.29) is 12.0 Å². The van der Waals surface area contributed by atoms with Gasteiger partial charge in [0, 0.05) is 25.8 Å². The predicted molar refractivity (Wildman–Crippen MR) is 66.0 cm³/mol. The molecule has 1 aliphatic rings. The highest BCUT2D eigenvalue weighted by Gasteiger charge is 2.27. The Morgan fingerprint density at radius 2 is 2.35 bits per heavy atom. The Bertz CT molecular complexity index is 394. The molecule has 0 bridgehead atoms. The fourth-order valence-corrected chi connectivity index (χ4v) is 1.92. The molecule has 1 aromatic heterocycles. The van der Waals surface area contributed by atoms with Gasteiger partial charge in [-0.25, -0.2) is 0 Å². The fraction of sp³-hybridized carbons (Fsp3) is 0.615. The minimum Gasteiger partial charge on any atom is -0.393 e. The Balaban J connectivity index is 2.00. The van der Waals surface area contributed by atoms with Crippen LogP contribution in [0.4, 0.5) is 0 Å². The van der Waals surface area contributed by atoms with Gasteiger partial charge in [0.1, 0.15) is 5.69 Å². The van der Waals surface area contributed by atoms with Crippen molar-refractivity contribution in [3.63, 3.8) is 0 Å².